The predicted octanol–water partition coefficient (Wildman–Crippen LogP) is 2.77. The zero-order valence-corrected chi connectivity index (χ0v) is 12.3. The lowest BCUT2D eigenvalue weighted by Crippen LogP contribution is -2.39. The molecule has 0 amide bonds. The minimum absolute atomic E-state index is 0.0414. The van der Waals surface area contributed by atoms with Gasteiger partial charge in [-0.05, 0) is 18.9 Å². The van der Waals surface area contributed by atoms with Gasteiger partial charge in [0.15, 0.2) is 0 Å². The molecular weight excluding hydrogens is 270 g/mol. The highest BCUT2D eigenvalue weighted by atomic mass is 16.4. The summed E-state index contributed by atoms with van der Waals surface area (Å²) in [6.45, 7) is 4.63. The summed E-state index contributed by atoms with van der Waals surface area (Å²) >= 11 is 0. The average Bonchev–Trinajstić information content (AvgIpc) is 2.86. The first-order valence-corrected chi connectivity index (χ1v) is 7.17. The molecule has 2 rings (SSSR count). The van der Waals surface area contributed by atoms with Gasteiger partial charge in [0, 0.05) is 24.0 Å². The Morgan fingerprint density at radius 2 is 1.95 bits per heavy atom. The highest BCUT2D eigenvalue weighted by Gasteiger charge is 2.23. The lowest BCUT2D eigenvalue weighted by molar-refractivity contribution is 0.0323. The number of benzene rings is 1. The molecule has 0 aliphatic heterocycles. The van der Waals surface area contributed by atoms with E-state index in [0.717, 1.165) is 5.39 Å². The number of nitrogens with one attached hydrogen (secondary N) is 1. The van der Waals surface area contributed by atoms with Crippen LogP contribution >= 0.6 is 0 Å². The minimum atomic E-state index is -1.08. The third kappa shape index (κ3) is 3.25. The van der Waals surface area contributed by atoms with Crippen LogP contribution in [0.3, 0.4) is 0 Å². The Balaban J connectivity index is 2.21. The number of hydrogen-bond acceptors (Lipinski definition) is 4. The molecule has 2 aromatic rings. The molecule has 114 valence electrons. The lowest BCUT2D eigenvalue weighted by atomic mass is 9.97. The molecule has 0 aliphatic carbocycles. The average molecular weight is 291 g/mol. The van der Waals surface area contributed by atoms with Crippen LogP contribution in [-0.2, 0) is 6.54 Å². The number of fused-ring (bicyclic) bond motifs is 1. The Hall–Kier alpha value is -1.85. The van der Waals surface area contributed by atoms with Crippen molar-refractivity contribution in [3.05, 3.63) is 35.6 Å². The van der Waals surface area contributed by atoms with Gasteiger partial charge in [0.2, 0.25) is 5.76 Å². The van der Waals surface area contributed by atoms with Gasteiger partial charge < -0.3 is 19.9 Å². The molecule has 0 aliphatic rings. The van der Waals surface area contributed by atoms with Crippen LogP contribution in [0.5, 0.6) is 0 Å². The molecular formula is C16H21NO4. The van der Waals surface area contributed by atoms with Crippen LogP contribution < -0.4 is 5.32 Å². The first-order chi connectivity index (χ1) is 10.0. The Bertz CT molecular complexity index is 628. The van der Waals surface area contributed by atoms with Gasteiger partial charge in [-0.3, -0.25) is 0 Å². The largest absolute Gasteiger partial charge is 0.475 e. The number of carboxylic acids is 1. The molecule has 1 aromatic carbocycles. The zero-order chi connectivity index (χ0) is 15.5. The third-order valence-electron chi connectivity index (χ3n) is 3.96. The topological polar surface area (TPSA) is 82.7 Å². The number of hydrogen-bond donors (Lipinski definition) is 3. The maximum absolute atomic E-state index is 11.3. The number of carbonyl (C=O) groups is 1. The fourth-order valence-corrected chi connectivity index (χ4v) is 2.37. The summed E-state index contributed by atoms with van der Waals surface area (Å²) in [5.41, 5.74) is 0.420. The zero-order valence-electron chi connectivity index (χ0n) is 12.3. The Morgan fingerprint density at radius 3 is 2.57 bits per heavy atom. The predicted molar refractivity (Wildman–Crippen MR) is 80.4 cm³/mol. The van der Waals surface area contributed by atoms with Gasteiger partial charge in [-0.15, -0.1) is 0 Å². The van der Waals surface area contributed by atoms with Crippen LogP contribution in [0.15, 0.2) is 28.7 Å². The summed E-state index contributed by atoms with van der Waals surface area (Å²) in [5, 5.41) is 23.4. The van der Waals surface area contributed by atoms with Gasteiger partial charge in [-0.1, -0.05) is 32.0 Å². The lowest BCUT2D eigenvalue weighted by Gasteiger charge is -2.25. The number of para-hydroxylation sites is 1. The second-order valence-corrected chi connectivity index (χ2v) is 5.25. The van der Waals surface area contributed by atoms with Crippen LogP contribution in [0.1, 0.15) is 42.8 Å². The minimum Gasteiger partial charge on any atom is -0.475 e. The van der Waals surface area contributed by atoms with Crippen molar-refractivity contribution in [2.24, 2.45) is 0 Å². The molecule has 0 spiro atoms. The standard InChI is InChI=1S/C16H21NO4/c1-3-16(20,4-2)10-17-9-12-11-7-5-6-8-13(11)21-14(12)15(18)19/h5-8,17,20H,3-4,9-10H2,1-2H3,(H,18,19). The molecule has 0 saturated heterocycles. The van der Waals surface area contributed by atoms with Crippen molar-refractivity contribution in [1.29, 1.82) is 0 Å². The normalized spacial score (nSPS) is 12.0. The molecule has 1 heterocycles. The van der Waals surface area contributed by atoms with E-state index in [1.807, 2.05) is 32.0 Å². The van der Waals surface area contributed by atoms with E-state index in [1.54, 1.807) is 6.07 Å². The summed E-state index contributed by atoms with van der Waals surface area (Å²) in [6.07, 6.45) is 1.29. The number of furan rings is 1. The summed E-state index contributed by atoms with van der Waals surface area (Å²) < 4.78 is 5.39. The molecule has 0 radical (unpaired) electrons. The quantitative estimate of drug-likeness (QED) is 0.730. The van der Waals surface area contributed by atoms with Gasteiger partial charge >= 0.3 is 5.97 Å². The first-order valence-electron chi connectivity index (χ1n) is 7.17. The van der Waals surface area contributed by atoms with E-state index in [2.05, 4.69) is 5.32 Å². The fourth-order valence-electron chi connectivity index (χ4n) is 2.37. The molecule has 0 saturated carbocycles. The van der Waals surface area contributed by atoms with Gasteiger partial charge in [-0.2, -0.15) is 0 Å². The van der Waals surface area contributed by atoms with E-state index >= 15 is 0 Å². The first kappa shape index (κ1) is 15.5. The van der Waals surface area contributed by atoms with Gasteiger partial charge in [0.25, 0.3) is 0 Å². The Morgan fingerprint density at radius 1 is 1.29 bits per heavy atom. The molecule has 0 fully saturated rings. The van der Waals surface area contributed by atoms with Crippen LogP contribution in [0.25, 0.3) is 11.0 Å². The van der Waals surface area contributed by atoms with Crippen molar-refractivity contribution < 1.29 is 19.4 Å². The van der Waals surface area contributed by atoms with E-state index in [1.165, 1.54) is 0 Å². The summed E-state index contributed by atoms with van der Waals surface area (Å²) in [7, 11) is 0. The van der Waals surface area contributed by atoms with Crippen LogP contribution in [0.2, 0.25) is 0 Å². The number of aromatic carboxylic acids is 1. The van der Waals surface area contributed by atoms with Crippen molar-refractivity contribution in [3.8, 4) is 0 Å². The van der Waals surface area contributed by atoms with Crippen LogP contribution in [-0.4, -0.2) is 28.3 Å². The van der Waals surface area contributed by atoms with Crippen molar-refractivity contribution in [3.63, 3.8) is 0 Å². The summed E-state index contributed by atoms with van der Waals surface area (Å²) in [5.74, 6) is -1.12. The van der Waals surface area contributed by atoms with Gasteiger partial charge in [0.1, 0.15) is 5.58 Å². The van der Waals surface area contributed by atoms with Crippen molar-refractivity contribution in [2.75, 3.05) is 6.54 Å². The number of rotatable bonds is 7. The molecule has 5 heteroatoms. The fraction of sp³-hybridized carbons (Fsp3) is 0.438. The van der Waals surface area contributed by atoms with E-state index in [0.29, 0.717) is 37.1 Å². The van der Waals surface area contributed by atoms with Gasteiger partial charge in [-0.25, -0.2) is 4.79 Å². The van der Waals surface area contributed by atoms with Gasteiger partial charge in [0.05, 0.1) is 5.60 Å². The molecule has 5 nitrogen and oxygen atoms in total. The van der Waals surface area contributed by atoms with E-state index in [4.69, 9.17) is 4.42 Å². The van der Waals surface area contributed by atoms with Crippen molar-refractivity contribution in [1.82, 2.24) is 5.32 Å². The SMILES string of the molecule is CCC(O)(CC)CNCc1c(C(=O)O)oc2ccccc12. The maximum Gasteiger partial charge on any atom is 0.372 e. The third-order valence-corrected chi connectivity index (χ3v) is 3.96. The van der Waals surface area contributed by atoms with Crippen molar-refractivity contribution in [2.45, 2.75) is 38.8 Å². The molecule has 0 unspecified atom stereocenters. The van der Waals surface area contributed by atoms with E-state index in [-0.39, 0.29) is 5.76 Å². The molecule has 0 atom stereocenters. The number of carboxylic acid groups (broad SMARTS) is 1. The Labute approximate surface area is 123 Å². The molecule has 3 N–H and O–H groups in total. The highest BCUT2D eigenvalue weighted by Crippen LogP contribution is 2.26. The molecule has 0 bridgehead atoms. The molecule has 1 aromatic heterocycles. The van der Waals surface area contributed by atoms with Crippen molar-refractivity contribution >= 4 is 16.9 Å². The smallest absolute Gasteiger partial charge is 0.372 e. The van der Waals surface area contributed by atoms with E-state index in [9.17, 15) is 15.0 Å². The van der Waals surface area contributed by atoms with Crippen LogP contribution in [0.4, 0.5) is 0 Å². The van der Waals surface area contributed by atoms with E-state index < -0.39 is 11.6 Å². The summed E-state index contributed by atoms with van der Waals surface area (Å²) in [4.78, 5) is 11.3. The highest BCUT2D eigenvalue weighted by molar-refractivity contribution is 5.95. The Kier molecular flexibility index (Phi) is 4.65. The number of aliphatic hydroxyl groups is 1. The molecule has 21 heavy (non-hydrogen) atoms. The maximum atomic E-state index is 11.3. The monoisotopic (exact) mass is 291 g/mol. The second-order valence-electron chi connectivity index (χ2n) is 5.25. The summed E-state index contributed by atoms with van der Waals surface area (Å²) in [6, 6.07) is 7.25. The second kappa shape index (κ2) is 6.28. The van der Waals surface area contributed by atoms with Crippen LogP contribution in [0, 0.1) is 0 Å².